The zero-order valence-electron chi connectivity index (χ0n) is 22.9. The van der Waals surface area contributed by atoms with Crippen LogP contribution in [0.3, 0.4) is 0 Å². The number of rotatable bonds is 12. The molecule has 208 valence electrons. The summed E-state index contributed by atoms with van der Waals surface area (Å²) in [6, 6.07) is 21.6. The summed E-state index contributed by atoms with van der Waals surface area (Å²) in [5.41, 5.74) is 2.65. The molecular formula is C30H32N4O6. The molecule has 0 aliphatic rings. The van der Waals surface area contributed by atoms with Crippen LogP contribution in [-0.4, -0.2) is 74.4 Å². The summed E-state index contributed by atoms with van der Waals surface area (Å²) in [7, 11) is 6.30. The van der Waals surface area contributed by atoms with E-state index >= 15 is 0 Å². The van der Waals surface area contributed by atoms with E-state index in [0.29, 0.717) is 34.5 Å². The second-order valence-corrected chi connectivity index (χ2v) is 8.75. The Morgan fingerprint density at radius 1 is 0.850 bits per heavy atom. The van der Waals surface area contributed by atoms with Crippen LogP contribution >= 0.6 is 0 Å². The molecule has 40 heavy (non-hydrogen) atoms. The predicted molar refractivity (Wildman–Crippen MR) is 152 cm³/mol. The zero-order chi connectivity index (χ0) is 28.5. The maximum Gasteiger partial charge on any atom is 0.254 e. The van der Waals surface area contributed by atoms with E-state index < -0.39 is 5.91 Å². The van der Waals surface area contributed by atoms with E-state index in [9.17, 15) is 9.59 Å². The van der Waals surface area contributed by atoms with Crippen molar-refractivity contribution in [1.82, 2.24) is 14.5 Å². The monoisotopic (exact) mass is 544 g/mol. The zero-order valence-corrected chi connectivity index (χ0v) is 22.9. The second-order valence-electron chi connectivity index (χ2n) is 8.75. The van der Waals surface area contributed by atoms with Gasteiger partial charge >= 0.3 is 0 Å². The van der Waals surface area contributed by atoms with Crippen LogP contribution in [0.25, 0.3) is 16.9 Å². The number of carbonyl (C=O) groups is 2. The number of nitrogens with one attached hydrogen (secondary N) is 1. The van der Waals surface area contributed by atoms with E-state index in [1.165, 1.54) is 4.90 Å². The van der Waals surface area contributed by atoms with Crippen LogP contribution in [0.2, 0.25) is 0 Å². The first-order chi connectivity index (χ1) is 19.4. The van der Waals surface area contributed by atoms with Gasteiger partial charge in [0.25, 0.3) is 5.91 Å². The predicted octanol–water partition coefficient (Wildman–Crippen LogP) is 4.29. The minimum absolute atomic E-state index is 0.196. The van der Waals surface area contributed by atoms with Gasteiger partial charge in [-0.05, 0) is 60.7 Å². The van der Waals surface area contributed by atoms with Crippen LogP contribution < -0.4 is 19.5 Å². The van der Waals surface area contributed by atoms with Gasteiger partial charge in [-0.1, -0.05) is 12.1 Å². The number of hydrogen-bond donors (Lipinski definition) is 1. The number of nitrogens with zero attached hydrogens (tertiary/aromatic N) is 3. The fourth-order valence-corrected chi connectivity index (χ4v) is 4.04. The quantitative estimate of drug-likeness (QED) is 0.284. The van der Waals surface area contributed by atoms with E-state index in [-0.39, 0.29) is 25.6 Å². The van der Waals surface area contributed by atoms with Gasteiger partial charge in [-0.2, -0.15) is 0 Å². The van der Waals surface area contributed by atoms with Gasteiger partial charge in [-0.25, -0.2) is 4.98 Å². The molecule has 10 heteroatoms. The van der Waals surface area contributed by atoms with Crippen LogP contribution in [0, 0.1) is 0 Å². The molecule has 1 aromatic heterocycles. The Hall–Kier alpha value is -4.83. The van der Waals surface area contributed by atoms with Crippen LogP contribution in [0.1, 0.15) is 10.4 Å². The topological polar surface area (TPSA) is 104 Å². The van der Waals surface area contributed by atoms with E-state index in [1.54, 1.807) is 57.3 Å². The number of ether oxygens (including phenoxy) is 4. The van der Waals surface area contributed by atoms with Gasteiger partial charge in [0, 0.05) is 36.7 Å². The summed E-state index contributed by atoms with van der Waals surface area (Å²) in [6.45, 7) is 0.310. The minimum atomic E-state index is -0.407. The summed E-state index contributed by atoms with van der Waals surface area (Å²) in [6.07, 6.45) is 1.83. The average Bonchev–Trinajstić information content (AvgIpc) is 3.42. The van der Waals surface area contributed by atoms with Crippen LogP contribution in [0.15, 0.2) is 79.0 Å². The van der Waals surface area contributed by atoms with Crippen molar-refractivity contribution < 1.29 is 28.5 Å². The molecule has 0 bridgehead atoms. The number of aromatic nitrogens is 2. The number of carbonyl (C=O) groups excluding carboxylic acids is 2. The van der Waals surface area contributed by atoms with Crippen molar-refractivity contribution in [3.05, 3.63) is 84.6 Å². The lowest BCUT2D eigenvalue weighted by atomic mass is 10.1. The van der Waals surface area contributed by atoms with Crippen molar-refractivity contribution in [2.24, 2.45) is 0 Å². The third-order valence-corrected chi connectivity index (χ3v) is 6.20. The molecule has 0 saturated carbocycles. The van der Waals surface area contributed by atoms with E-state index in [2.05, 4.69) is 5.32 Å². The summed E-state index contributed by atoms with van der Waals surface area (Å²) in [5.74, 6) is 1.62. The molecule has 0 spiro atoms. The van der Waals surface area contributed by atoms with Gasteiger partial charge in [-0.15, -0.1) is 0 Å². The number of amides is 2. The average molecular weight is 545 g/mol. The van der Waals surface area contributed by atoms with Crippen molar-refractivity contribution in [3.8, 4) is 34.2 Å². The van der Waals surface area contributed by atoms with Crippen molar-refractivity contribution in [3.63, 3.8) is 0 Å². The molecule has 0 fully saturated rings. The molecule has 10 nitrogen and oxygen atoms in total. The Morgan fingerprint density at radius 3 is 2.12 bits per heavy atom. The Morgan fingerprint density at radius 2 is 1.50 bits per heavy atom. The first kappa shape index (κ1) is 28.2. The summed E-state index contributed by atoms with van der Waals surface area (Å²) in [5, 5.41) is 2.88. The highest BCUT2D eigenvalue weighted by Gasteiger charge is 2.21. The molecular weight excluding hydrogens is 512 g/mol. The molecule has 0 atom stereocenters. The first-order valence-electron chi connectivity index (χ1n) is 12.6. The standard InChI is InChI=1S/C30H32N4O6/c1-37-17-16-33(29(36)21-8-12-24(38-2)13-9-21)20-28(35)32-30-31-27(22-6-5-7-26(18-22)40-4)19-34(30)23-10-14-25(39-3)15-11-23/h5-15,18-19H,16-17,20H2,1-4H3,(H,31,32,35). The summed E-state index contributed by atoms with van der Waals surface area (Å²) < 4.78 is 22.8. The maximum atomic E-state index is 13.3. The number of methoxy groups -OCH3 is 4. The molecule has 2 amide bonds. The number of benzene rings is 3. The normalized spacial score (nSPS) is 10.6. The van der Waals surface area contributed by atoms with Crippen molar-refractivity contribution in [2.45, 2.75) is 0 Å². The van der Waals surface area contributed by atoms with Gasteiger partial charge in [0.15, 0.2) is 0 Å². The third-order valence-electron chi connectivity index (χ3n) is 6.20. The number of hydrogen-bond acceptors (Lipinski definition) is 7. The van der Waals surface area contributed by atoms with E-state index in [1.807, 2.05) is 54.7 Å². The molecule has 3 aromatic carbocycles. The van der Waals surface area contributed by atoms with Crippen LogP contribution in [0.4, 0.5) is 5.95 Å². The summed E-state index contributed by atoms with van der Waals surface area (Å²) in [4.78, 5) is 32.7. The molecule has 0 radical (unpaired) electrons. The Labute approximate surface area is 233 Å². The fourth-order valence-electron chi connectivity index (χ4n) is 4.04. The van der Waals surface area contributed by atoms with E-state index in [4.69, 9.17) is 23.9 Å². The second kappa shape index (κ2) is 13.3. The van der Waals surface area contributed by atoms with Crippen LogP contribution in [-0.2, 0) is 9.53 Å². The van der Waals surface area contributed by atoms with Gasteiger partial charge < -0.3 is 23.8 Å². The van der Waals surface area contributed by atoms with Crippen molar-refractivity contribution >= 4 is 17.8 Å². The lowest BCUT2D eigenvalue weighted by Crippen LogP contribution is -2.40. The Kier molecular flexibility index (Phi) is 9.37. The van der Waals surface area contributed by atoms with Gasteiger partial charge in [0.2, 0.25) is 11.9 Å². The van der Waals surface area contributed by atoms with Gasteiger partial charge in [0.1, 0.15) is 23.8 Å². The maximum absolute atomic E-state index is 13.3. The lowest BCUT2D eigenvalue weighted by Gasteiger charge is -2.22. The largest absolute Gasteiger partial charge is 0.497 e. The van der Waals surface area contributed by atoms with Crippen molar-refractivity contribution in [2.75, 3.05) is 53.5 Å². The Bertz CT molecular complexity index is 1430. The lowest BCUT2D eigenvalue weighted by molar-refractivity contribution is -0.117. The smallest absolute Gasteiger partial charge is 0.254 e. The van der Waals surface area contributed by atoms with Gasteiger partial charge in [-0.3, -0.25) is 19.5 Å². The summed E-state index contributed by atoms with van der Waals surface area (Å²) >= 11 is 0. The van der Waals surface area contributed by atoms with E-state index in [0.717, 1.165) is 11.3 Å². The fraction of sp³-hybridized carbons (Fsp3) is 0.233. The molecule has 0 aliphatic carbocycles. The molecule has 0 saturated heterocycles. The molecule has 1 heterocycles. The number of imidazole rings is 1. The molecule has 1 N–H and O–H groups in total. The Balaban J connectivity index is 1.61. The number of anilines is 1. The molecule has 0 unspecified atom stereocenters. The SMILES string of the molecule is COCCN(CC(=O)Nc1nc(-c2cccc(OC)c2)cn1-c1ccc(OC)cc1)C(=O)c1ccc(OC)cc1. The minimum Gasteiger partial charge on any atom is -0.497 e. The first-order valence-corrected chi connectivity index (χ1v) is 12.6. The molecule has 4 rings (SSSR count). The molecule has 0 aliphatic heterocycles. The van der Waals surface area contributed by atoms with Crippen LogP contribution in [0.5, 0.6) is 17.2 Å². The molecule has 4 aromatic rings. The van der Waals surface area contributed by atoms with Gasteiger partial charge in [0.05, 0.1) is 33.6 Å². The third kappa shape index (κ3) is 6.78. The highest BCUT2D eigenvalue weighted by atomic mass is 16.5. The van der Waals surface area contributed by atoms with Crippen molar-refractivity contribution in [1.29, 1.82) is 0 Å². The highest BCUT2D eigenvalue weighted by Crippen LogP contribution is 2.27. The highest BCUT2D eigenvalue weighted by molar-refractivity contribution is 5.99.